The first-order valence-corrected chi connectivity index (χ1v) is 9.37. The molecule has 2 aliphatic rings. The first kappa shape index (κ1) is 16.8. The van der Waals surface area contributed by atoms with Gasteiger partial charge in [0.1, 0.15) is 0 Å². The molecule has 0 aromatic heterocycles. The predicted octanol–water partition coefficient (Wildman–Crippen LogP) is 3.27. The maximum absolute atomic E-state index is 12.5. The van der Waals surface area contributed by atoms with E-state index in [1.165, 1.54) is 5.56 Å². The molecule has 26 heavy (non-hydrogen) atoms. The largest absolute Gasteiger partial charge is 0.351 e. The van der Waals surface area contributed by atoms with E-state index in [2.05, 4.69) is 29.6 Å². The summed E-state index contributed by atoms with van der Waals surface area (Å²) >= 11 is 0. The SMILES string of the molecule is O=C(NCC1(c2ccccc2)CC1)c1ccc(CN2CCCC2=O)cc1. The molecule has 4 rings (SSSR count). The molecular formula is C22H24N2O2. The van der Waals surface area contributed by atoms with Gasteiger partial charge in [-0.3, -0.25) is 9.59 Å². The highest BCUT2D eigenvalue weighted by atomic mass is 16.2. The van der Waals surface area contributed by atoms with Crippen LogP contribution in [0, 0.1) is 0 Å². The average molecular weight is 348 g/mol. The quantitative estimate of drug-likeness (QED) is 0.871. The number of rotatable bonds is 6. The molecule has 134 valence electrons. The molecule has 1 aliphatic heterocycles. The molecule has 1 N–H and O–H groups in total. The van der Waals surface area contributed by atoms with Gasteiger partial charge in [0.25, 0.3) is 5.91 Å². The molecular weight excluding hydrogens is 324 g/mol. The fraction of sp³-hybridized carbons (Fsp3) is 0.364. The van der Waals surface area contributed by atoms with Gasteiger partial charge in [0.15, 0.2) is 0 Å². The number of benzene rings is 2. The van der Waals surface area contributed by atoms with E-state index in [4.69, 9.17) is 0 Å². The van der Waals surface area contributed by atoms with Crippen molar-refractivity contribution in [3.63, 3.8) is 0 Å². The van der Waals surface area contributed by atoms with Crippen molar-refractivity contribution in [1.29, 1.82) is 0 Å². The summed E-state index contributed by atoms with van der Waals surface area (Å²) < 4.78 is 0. The molecule has 2 aromatic carbocycles. The van der Waals surface area contributed by atoms with Crippen LogP contribution < -0.4 is 5.32 Å². The van der Waals surface area contributed by atoms with Crippen LogP contribution in [0.25, 0.3) is 0 Å². The first-order valence-electron chi connectivity index (χ1n) is 9.37. The first-order chi connectivity index (χ1) is 12.7. The monoisotopic (exact) mass is 348 g/mol. The number of carbonyl (C=O) groups excluding carboxylic acids is 2. The van der Waals surface area contributed by atoms with Crippen molar-refractivity contribution in [3.8, 4) is 0 Å². The summed E-state index contributed by atoms with van der Waals surface area (Å²) in [5, 5.41) is 3.10. The Kier molecular flexibility index (Phi) is 4.49. The molecule has 1 heterocycles. The molecule has 4 nitrogen and oxygen atoms in total. The minimum absolute atomic E-state index is 0.0315. The summed E-state index contributed by atoms with van der Waals surface area (Å²) in [6.07, 6.45) is 3.85. The summed E-state index contributed by atoms with van der Waals surface area (Å²) in [5.74, 6) is 0.193. The molecule has 4 heteroatoms. The number of amides is 2. The van der Waals surface area contributed by atoms with E-state index in [0.717, 1.165) is 31.4 Å². The Morgan fingerprint density at radius 1 is 1.04 bits per heavy atom. The van der Waals surface area contributed by atoms with E-state index in [9.17, 15) is 9.59 Å². The lowest BCUT2D eigenvalue weighted by Gasteiger charge is -2.17. The topological polar surface area (TPSA) is 49.4 Å². The molecule has 0 unspecified atom stereocenters. The van der Waals surface area contributed by atoms with Crippen molar-refractivity contribution in [2.45, 2.75) is 37.6 Å². The van der Waals surface area contributed by atoms with Crippen LogP contribution in [0.15, 0.2) is 54.6 Å². The minimum Gasteiger partial charge on any atom is -0.351 e. The van der Waals surface area contributed by atoms with Gasteiger partial charge < -0.3 is 10.2 Å². The Hall–Kier alpha value is -2.62. The molecule has 1 saturated heterocycles. The highest BCUT2D eigenvalue weighted by molar-refractivity contribution is 5.94. The number of carbonyl (C=O) groups is 2. The van der Waals surface area contributed by atoms with Gasteiger partial charge in [-0.05, 0) is 42.5 Å². The molecule has 2 fully saturated rings. The number of nitrogens with one attached hydrogen (secondary N) is 1. The number of nitrogens with zero attached hydrogens (tertiary/aromatic N) is 1. The number of likely N-dealkylation sites (tertiary alicyclic amines) is 1. The summed E-state index contributed by atoms with van der Waals surface area (Å²) in [6.45, 7) is 2.15. The van der Waals surface area contributed by atoms with Crippen molar-refractivity contribution < 1.29 is 9.59 Å². The lowest BCUT2D eigenvalue weighted by Crippen LogP contribution is -2.32. The Morgan fingerprint density at radius 3 is 2.38 bits per heavy atom. The van der Waals surface area contributed by atoms with E-state index in [1.807, 2.05) is 35.2 Å². The van der Waals surface area contributed by atoms with Gasteiger partial charge in [-0.25, -0.2) is 0 Å². The maximum Gasteiger partial charge on any atom is 0.251 e. The molecule has 0 atom stereocenters. The average Bonchev–Trinajstić information content (AvgIpc) is 3.38. The molecule has 2 amide bonds. The molecule has 0 spiro atoms. The van der Waals surface area contributed by atoms with Gasteiger partial charge in [0, 0.05) is 37.0 Å². The smallest absolute Gasteiger partial charge is 0.251 e. The number of hydrogen-bond acceptors (Lipinski definition) is 2. The summed E-state index contributed by atoms with van der Waals surface area (Å²) in [4.78, 5) is 26.1. The van der Waals surface area contributed by atoms with Gasteiger partial charge in [-0.2, -0.15) is 0 Å². The Bertz CT molecular complexity index is 795. The summed E-state index contributed by atoms with van der Waals surface area (Å²) in [7, 11) is 0. The second kappa shape index (κ2) is 6.94. The van der Waals surface area contributed by atoms with E-state index in [-0.39, 0.29) is 17.2 Å². The molecule has 1 aliphatic carbocycles. The molecule has 1 saturated carbocycles. The third-order valence-electron chi connectivity index (χ3n) is 5.59. The van der Waals surface area contributed by atoms with Crippen LogP contribution in [0.5, 0.6) is 0 Å². The van der Waals surface area contributed by atoms with Crippen molar-refractivity contribution in [3.05, 3.63) is 71.3 Å². The molecule has 2 aromatic rings. The van der Waals surface area contributed by atoms with Gasteiger partial charge in [0.05, 0.1) is 0 Å². The fourth-order valence-corrected chi connectivity index (χ4v) is 3.71. The number of hydrogen-bond donors (Lipinski definition) is 1. The normalized spacial score (nSPS) is 18.0. The highest BCUT2D eigenvalue weighted by Crippen LogP contribution is 2.47. The zero-order chi connectivity index (χ0) is 18.0. The van der Waals surface area contributed by atoms with E-state index >= 15 is 0 Å². The van der Waals surface area contributed by atoms with Crippen LogP contribution in [0.2, 0.25) is 0 Å². The van der Waals surface area contributed by atoms with Gasteiger partial charge in [-0.1, -0.05) is 42.5 Å². The van der Waals surface area contributed by atoms with Crippen LogP contribution in [-0.4, -0.2) is 29.8 Å². The molecule has 0 radical (unpaired) electrons. The standard InChI is InChI=1S/C22H24N2O2/c25-20-7-4-14-24(20)15-17-8-10-18(11-9-17)21(26)23-16-22(12-13-22)19-5-2-1-3-6-19/h1-3,5-6,8-11H,4,7,12-16H2,(H,23,26). The zero-order valence-electron chi connectivity index (χ0n) is 14.9. The van der Waals surface area contributed by atoms with E-state index in [0.29, 0.717) is 25.1 Å². The minimum atomic E-state index is -0.0315. The lowest BCUT2D eigenvalue weighted by molar-refractivity contribution is -0.128. The van der Waals surface area contributed by atoms with E-state index in [1.54, 1.807) is 0 Å². The second-order valence-corrected chi connectivity index (χ2v) is 7.44. The van der Waals surface area contributed by atoms with Crippen molar-refractivity contribution in [2.24, 2.45) is 0 Å². The van der Waals surface area contributed by atoms with Gasteiger partial charge in [-0.15, -0.1) is 0 Å². The van der Waals surface area contributed by atoms with Crippen LogP contribution in [0.1, 0.15) is 47.2 Å². The van der Waals surface area contributed by atoms with Crippen molar-refractivity contribution in [1.82, 2.24) is 10.2 Å². The summed E-state index contributed by atoms with van der Waals surface area (Å²) in [5.41, 5.74) is 3.17. The third-order valence-corrected chi connectivity index (χ3v) is 5.59. The highest BCUT2D eigenvalue weighted by Gasteiger charge is 2.44. The Balaban J connectivity index is 1.34. The van der Waals surface area contributed by atoms with Crippen LogP contribution in [0.4, 0.5) is 0 Å². The summed E-state index contributed by atoms with van der Waals surface area (Å²) in [6, 6.07) is 18.0. The maximum atomic E-state index is 12.5. The van der Waals surface area contributed by atoms with Crippen molar-refractivity contribution in [2.75, 3.05) is 13.1 Å². The van der Waals surface area contributed by atoms with Crippen molar-refractivity contribution >= 4 is 11.8 Å². The predicted molar refractivity (Wildman–Crippen MR) is 101 cm³/mol. The van der Waals surface area contributed by atoms with Crippen LogP contribution in [-0.2, 0) is 16.8 Å². The Morgan fingerprint density at radius 2 is 1.77 bits per heavy atom. The second-order valence-electron chi connectivity index (χ2n) is 7.44. The molecule has 0 bridgehead atoms. The lowest BCUT2D eigenvalue weighted by atomic mass is 9.96. The van der Waals surface area contributed by atoms with Gasteiger partial charge in [0.2, 0.25) is 5.91 Å². The van der Waals surface area contributed by atoms with Gasteiger partial charge >= 0.3 is 0 Å². The van der Waals surface area contributed by atoms with Crippen LogP contribution in [0.3, 0.4) is 0 Å². The third kappa shape index (κ3) is 3.50. The van der Waals surface area contributed by atoms with E-state index < -0.39 is 0 Å². The van der Waals surface area contributed by atoms with Crippen LogP contribution >= 0.6 is 0 Å². The zero-order valence-corrected chi connectivity index (χ0v) is 14.9. The Labute approximate surface area is 154 Å². The fourth-order valence-electron chi connectivity index (χ4n) is 3.71.